The first kappa shape index (κ1) is 22.4. The van der Waals surface area contributed by atoms with Crippen LogP contribution < -0.4 is 20.9 Å². The summed E-state index contributed by atoms with van der Waals surface area (Å²) < 4.78 is 6.96. The Bertz CT molecular complexity index is 972. The molecular formula is C21H32N6O2. The molecule has 0 saturated heterocycles. The number of benzene rings is 1. The number of nitrogens with zero attached hydrogens (tertiary/aromatic N) is 2. The Morgan fingerprint density at radius 3 is 2.48 bits per heavy atom. The molecule has 29 heavy (non-hydrogen) atoms. The van der Waals surface area contributed by atoms with Gasteiger partial charge >= 0.3 is 0 Å². The molecule has 1 amide bonds. The zero-order chi connectivity index (χ0) is 21.8. The molecule has 8 heteroatoms. The largest absolute Gasteiger partial charge is 0.496 e. The number of methoxy groups -OCH3 is 1. The maximum atomic E-state index is 11.9. The van der Waals surface area contributed by atoms with Gasteiger partial charge in [0.15, 0.2) is 11.3 Å². The van der Waals surface area contributed by atoms with Crippen molar-refractivity contribution >= 4 is 28.6 Å². The van der Waals surface area contributed by atoms with Crippen molar-refractivity contribution in [3.63, 3.8) is 0 Å². The summed E-state index contributed by atoms with van der Waals surface area (Å²) in [5, 5.41) is 22.7. The summed E-state index contributed by atoms with van der Waals surface area (Å²) >= 11 is 0. The number of ether oxygens (including phenoxy) is 1. The number of hydrogen-bond acceptors (Lipinski definition) is 6. The van der Waals surface area contributed by atoms with Crippen molar-refractivity contribution in [2.75, 3.05) is 25.5 Å². The summed E-state index contributed by atoms with van der Waals surface area (Å²) in [6, 6.07) is 3.72. The van der Waals surface area contributed by atoms with Crippen molar-refractivity contribution in [1.82, 2.24) is 14.9 Å². The Morgan fingerprint density at radius 1 is 1.24 bits per heavy atom. The van der Waals surface area contributed by atoms with E-state index in [1.165, 1.54) is 0 Å². The Kier molecular flexibility index (Phi) is 7.00. The Hall–Kier alpha value is -2.90. The summed E-state index contributed by atoms with van der Waals surface area (Å²) in [6.45, 7) is 10.5. The molecule has 158 valence electrons. The Labute approximate surface area is 171 Å². The molecule has 4 N–H and O–H groups in total. The van der Waals surface area contributed by atoms with E-state index >= 15 is 0 Å². The lowest BCUT2D eigenvalue weighted by molar-refractivity contribution is -0.128. The Morgan fingerprint density at radius 2 is 1.90 bits per heavy atom. The third-order valence-corrected chi connectivity index (χ3v) is 4.61. The number of aromatic nitrogens is 2. The number of nitrogens with one attached hydrogen (secondary N) is 4. The molecule has 2 aromatic rings. The van der Waals surface area contributed by atoms with Gasteiger partial charge in [0.25, 0.3) is 0 Å². The van der Waals surface area contributed by atoms with Crippen LogP contribution in [-0.2, 0) is 4.79 Å². The van der Waals surface area contributed by atoms with Crippen molar-refractivity contribution in [3.05, 3.63) is 23.2 Å². The van der Waals surface area contributed by atoms with E-state index in [0.29, 0.717) is 29.9 Å². The van der Waals surface area contributed by atoms with Gasteiger partial charge in [0.1, 0.15) is 11.6 Å². The molecule has 0 spiro atoms. The number of aryl methyl sites for hydroxylation is 1. The minimum absolute atomic E-state index is 0.0434. The Balaban J connectivity index is 2.12. The maximum absolute atomic E-state index is 11.9. The molecule has 1 heterocycles. The SMILES string of the molecule is COc1cc2nc(NCCCCNC(=O)C(C)(C)C)c(=N)n(C(C)=N)c2cc1C. The van der Waals surface area contributed by atoms with Gasteiger partial charge in [-0.3, -0.25) is 20.2 Å². The van der Waals surface area contributed by atoms with Crippen LogP contribution in [0, 0.1) is 23.2 Å². The predicted octanol–water partition coefficient (Wildman–Crippen LogP) is 3.03. The number of anilines is 1. The molecule has 0 atom stereocenters. The highest BCUT2D eigenvalue weighted by molar-refractivity contribution is 5.91. The fraction of sp³-hybridized carbons (Fsp3) is 0.524. The summed E-state index contributed by atoms with van der Waals surface area (Å²) in [7, 11) is 1.61. The molecule has 8 nitrogen and oxygen atoms in total. The van der Waals surface area contributed by atoms with Crippen molar-refractivity contribution in [2.45, 2.75) is 47.5 Å². The van der Waals surface area contributed by atoms with E-state index in [1.54, 1.807) is 18.6 Å². The highest BCUT2D eigenvalue weighted by atomic mass is 16.5. The number of fused-ring (bicyclic) bond motifs is 1. The normalized spacial score (nSPS) is 11.4. The third-order valence-electron chi connectivity index (χ3n) is 4.61. The summed E-state index contributed by atoms with van der Waals surface area (Å²) in [4.78, 5) is 16.5. The minimum Gasteiger partial charge on any atom is -0.496 e. The molecular weight excluding hydrogens is 368 g/mol. The van der Waals surface area contributed by atoms with Gasteiger partial charge in [-0.25, -0.2) is 4.98 Å². The van der Waals surface area contributed by atoms with Gasteiger partial charge in [0.05, 0.1) is 18.1 Å². The van der Waals surface area contributed by atoms with Gasteiger partial charge in [0.2, 0.25) is 5.91 Å². The quantitative estimate of drug-likeness (QED) is 0.325. The van der Waals surface area contributed by atoms with E-state index in [2.05, 4.69) is 15.6 Å². The lowest BCUT2D eigenvalue weighted by Gasteiger charge is -2.17. The molecule has 0 bridgehead atoms. The number of rotatable bonds is 7. The van der Waals surface area contributed by atoms with Crippen LogP contribution in [0.3, 0.4) is 0 Å². The minimum atomic E-state index is -0.384. The lowest BCUT2D eigenvalue weighted by Crippen LogP contribution is -2.35. The van der Waals surface area contributed by atoms with Crippen molar-refractivity contribution in [2.24, 2.45) is 5.41 Å². The average molecular weight is 401 g/mol. The average Bonchev–Trinajstić information content (AvgIpc) is 2.63. The molecule has 2 rings (SSSR count). The monoisotopic (exact) mass is 400 g/mol. The molecule has 0 fully saturated rings. The number of carbonyl (C=O) groups excluding carboxylic acids is 1. The zero-order valence-corrected chi connectivity index (χ0v) is 18.2. The third kappa shape index (κ3) is 5.34. The van der Waals surface area contributed by atoms with Crippen LogP contribution in [0.4, 0.5) is 5.82 Å². The fourth-order valence-corrected chi connectivity index (χ4v) is 2.95. The first-order valence-electron chi connectivity index (χ1n) is 9.80. The lowest BCUT2D eigenvalue weighted by atomic mass is 9.96. The molecule has 0 saturated carbocycles. The van der Waals surface area contributed by atoms with Crippen LogP contribution in [-0.4, -0.2) is 41.5 Å². The van der Waals surface area contributed by atoms with Crippen LogP contribution in [0.5, 0.6) is 5.75 Å². The molecule has 0 aliphatic rings. The van der Waals surface area contributed by atoms with Crippen LogP contribution in [0.1, 0.15) is 46.1 Å². The highest BCUT2D eigenvalue weighted by Gasteiger charge is 2.20. The fourth-order valence-electron chi connectivity index (χ4n) is 2.95. The predicted molar refractivity (Wildman–Crippen MR) is 116 cm³/mol. The van der Waals surface area contributed by atoms with E-state index in [4.69, 9.17) is 15.6 Å². The van der Waals surface area contributed by atoms with Gasteiger partial charge in [0, 0.05) is 24.6 Å². The van der Waals surface area contributed by atoms with E-state index in [1.807, 2.05) is 39.8 Å². The highest BCUT2D eigenvalue weighted by Crippen LogP contribution is 2.24. The molecule has 0 unspecified atom stereocenters. The summed E-state index contributed by atoms with van der Waals surface area (Å²) in [6.07, 6.45) is 1.65. The topological polar surface area (TPSA) is 116 Å². The first-order chi connectivity index (χ1) is 13.6. The van der Waals surface area contributed by atoms with Gasteiger partial charge < -0.3 is 15.4 Å². The standard InChI is InChI=1S/C21H32N6O2/c1-13-11-16-15(12-17(13)29-6)26-19(18(23)27(16)14(2)22)24-9-7-8-10-25-20(28)21(3,4)5/h11-12,22-23H,7-10H2,1-6H3,(H,24,26)(H,25,28). The van der Waals surface area contributed by atoms with Gasteiger partial charge in [-0.1, -0.05) is 20.8 Å². The second-order valence-corrected chi connectivity index (χ2v) is 8.18. The second kappa shape index (κ2) is 9.07. The number of amides is 1. The molecule has 1 aromatic heterocycles. The van der Waals surface area contributed by atoms with Crippen LogP contribution in [0.15, 0.2) is 12.1 Å². The molecule has 0 aliphatic carbocycles. The van der Waals surface area contributed by atoms with E-state index in [9.17, 15) is 4.79 Å². The first-order valence-corrected chi connectivity index (χ1v) is 9.80. The van der Waals surface area contributed by atoms with Crippen molar-refractivity contribution < 1.29 is 9.53 Å². The summed E-state index contributed by atoms with van der Waals surface area (Å²) in [5.74, 6) is 1.44. The smallest absolute Gasteiger partial charge is 0.225 e. The van der Waals surface area contributed by atoms with Gasteiger partial charge in [-0.15, -0.1) is 0 Å². The second-order valence-electron chi connectivity index (χ2n) is 8.18. The van der Waals surface area contributed by atoms with Crippen molar-refractivity contribution in [1.29, 1.82) is 10.8 Å². The van der Waals surface area contributed by atoms with Crippen molar-refractivity contribution in [3.8, 4) is 5.75 Å². The van der Waals surface area contributed by atoms with Crippen LogP contribution in [0.2, 0.25) is 0 Å². The van der Waals surface area contributed by atoms with Crippen LogP contribution >= 0.6 is 0 Å². The van der Waals surface area contributed by atoms with E-state index in [-0.39, 0.29) is 22.6 Å². The zero-order valence-electron chi connectivity index (χ0n) is 18.2. The molecule has 1 aromatic carbocycles. The summed E-state index contributed by atoms with van der Waals surface area (Å²) in [5.41, 5.74) is 2.06. The maximum Gasteiger partial charge on any atom is 0.225 e. The number of unbranched alkanes of at least 4 members (excludes halogenated alkanes) is 1. The van der Waals surface area contributed by atoms with E-state index in [0.717, 1.165) is 24.2 Å². The number of hydrogen-bond donors (Lipinski definition) is 4. The van der Waals surface area contributed by atoms with E-state index < -0.39 is 0 Å². The van der Waals surface area contributed by atoms with Gasteiger partial charge in [-0.05, 0) is 38.3 Å². The molecule has 0 aliphatic heterocycles. The number of carbonyl (C=O) groups is 1. The molecule has 0 radical (unpaired) electrons. The van der Waals surface area contributed by atoms with Crippen LogP contribution in [0.25, 0.3) is 11.0 Å². The van der Waals surface area contributed by atoms with Gasteiger partial charge in [-0.2, -0.15) is 0 Å².